The van der Waals surface area contributed by atoms with E-state index in [-0.39, 0.29) is 16.5 Å². The van der Waals surface area contributed by atoms with E-state index < -0.39 is 29.2 Å². The molecule has 0 aromatic heterocycles. The van der Waals surface area contributed by atoms with Crippen molar-refractivity contribution in [1.82, 2.24) is 0 Å². The Labute approximate surface area is 203 Å². The fourth-order valence-electron chi connectivity index (χ4n) is 5.97. The van der Waals surface area contributed by atoms with Crippen molar-refractivity contribution in [3.8, 4) is 11.1 Å². The molecule has 0 N–H and O–H groups in total. The maximum Gasteiger partial charge on any atom is 0.312 e. The molecule has 2 aromatic carbocycles. The van der Waals surface area contributed by atoms with E-state index in [1.165, 1.54) is 50.7 Å². The highest BCUT2D eigenvalue weighted by molar-refractivity contribution is 5.65. The predicted molar refractivity (Wildman–Crippen MR) is 123 cm³/mol. The molecule has 0 unspecified atom stereocenters. The molecule has 3 aliphatic heterocycles. The highest BCUT2D eigenvalue weighted by Gasteiger charge is 2.56. The van der Waals surface area contributed by atoms with Crippen LogP contribution in [0, 0.1) is 40.5 Å². The third-order valence-electron chi connectivity index (χ3n) is 8.20. The Morgan fingerprint density at radius 3 is 2.00 bits per heavy atom. The van der Waals surface area contributed by atoms with Gasteiger partial charge in [-0.1, -0.05) is 57.6 Å². The van der Waals surface area contributed by atoms with Crippen LogP contribution in [-0.4, -0.2) is 19.8 Å². The lowest BCUT2D eigenvalue weighted by atomic mass is 9.66. The van der Waals surface area contributed by atoms with E-state index in [4.69, 9.17) is 14.2 Å². The Hall–Kier alpha value is -1.96. The number of ether oxygens (including phenoxy) is 3. The van der Waals surface area contributed by atoms with Crippen LogP contribution in [0.15, 0.2) is 30.3 Å². The maximum absolute atomic E-state index is 15.0. The van der Waals surface area contributed by atoms with E-state index in [0.717, 1.165) is 30.9 Å². The minimum atomic E-state index is -1.59. The molecule has 0 amide bonds. The average Bonchev–Trinajstić information content (AvgIpc) is 2.88. The number of unbranched alkanes of at least 4 members (excludes halogenated alkanes) is 2. The minimum Gasteiger partial charge on any atom is -0.323 e. The first-order valence-electron chi connectivity index (χ1n) is 12.7. The molecule has 2 bridgehead atoms. The van der Waals surface area contributed by atoms with E-state index in [1.54, 1.807) is 6.07 Å². The van der Waals surface area contributed by atoms with Gasteiger partial charge in [-0.3, -0.25) is 0 Å². The summed E-state index contributed by atoms with van der Waals surface area (Å²) in [6.45, 7) is 3.68. The molecular formula is C28H32F4O3. The van der Waals surface area contributed by atoms with Crippen LogP contribution in [0.1, 0.15) is 63.9 Å². The van der Waals surface area contributed by atoms with Gasteiger partial charge in [0.05, 0.1) is 19.8 Å². The Bertz CT molecular complexity index is 1020. The summed E-state index contributed by atoms with van der Waals surface area (Å²) in [5.74, 6) is -5.26. The molecule has 4 aliphatic rings. The Balaban J connectivity index is 1.26. The molecule has 4 fully saturated rings. The highest BCUT2D eigenvalue weighted by Crippen LogP contribution is 2.52. The second-order valence-electron chi connectivity index (χ2n) is 10.4. The summed E-state index contributed by atoms with van der Waals surface area (Å²) in [7, 11) is 0. The van der Waals surface area contributed by atoms with Gasteiger partial charge in [0.1, 0.15) is 5.82 Å². The van der Waals surface area contributed by atoms with Crippen LogP contribution in [0.3, 0.4) is 0 Å². The standard InChI is InChI=1S/C28H32F4O3/c1-2-3-4-5-18-6-8-20(9-7-18)27-15-33-28(34-16-27,35-17-27)21-10-11-22(23(29)14-21)19-12-24(30)26(32)25(31)13-19/h10-14,18,20H,2-9,15-17H2,1H3. The lowest BCUT2D eigenvalue weighted by Crippen LogP contribution is -2.61. The molecular weight excluding hydrogens is 460 g/mol. The van der Waals surface area contributed by atoms with Crippen molar-refractivity contribution in [2.45, 2.75) is 64.3 Å². The van der Waals surface area contributed by atoms with Gasteiger partial charge < -0.3 is 14.2 Å². The summed E-state index contributed by atoms with van der Waals surface area (Å²) in [5, 5.41) is 0. The zero-order valence-electron chi connectivity index (χ0n) is 20.1. The third-order valence-corrected chi connectivity index (χ3v) is 8.20. The Kier molecular flexibility index (Phi) is 6.94. The number of rotatable bonds is 7. The van der Waals surface area contributed by atoms with Crippen molar-refractivity contribution in [1.29, 1.82) is 0 Å². The summed E-state index contributed by atoms with van der Waals surface area (Å²) in [4.78, 5) is 0. The van der Waals surface area contributed by atoms with Crippen molar-refractivity contribution in [3.05, 3.63) is 59.2 Å². The summed E-state index contributed by atoms with van der Waals surface area (Å²) >= 11 is 0. The lowest BCUT2D eigenvalue weighted by molar-refractivity contribution is -0.486. The number of hydrogen-bond donors (Lipinski definition) is 0. The normalized spacial score (nSPS) is 30.5. The summed E-state index contributed by atoms with van der Waals surface area (Å²) in [5.41, 5.74) is 0.00860. The van der Waals surface area contributed by atoms with Gasteiger partial charge in [0.2, 0.25) is 0 Å². The molecule has 2 aromatic rings. The van der Waals surface area contributed by atoms with Crippen molar-refractivity contribution < 1.29 is 31.8 Å². The van der Waals surface area contributed by atoms with Gasteiger partial charge in [0, 0.05) is 16.5 Å². The second-order valence-corrected chi connectivity index (χ2v) is 10.4. The monoisotopic (exact) mass is 492 g/mol. The Morgan fingerprint density at radius 1 is 0.800 bits per heavy atom. The molecule has 0 radical (unpaired) electrons. The van der Waals surface area contributed by atoms with Crippen molar-refractivity contribution >= 4 is 0 Å². The molecule has 7 heteroatoms. The first-order chi connectivity index (χ1) is 16.9. The fourth-order valence-corrected chi connectivity index (χ4v) is 5.97. The zero-order valence-corrected chi connectivity index (χ0v) is 20.1. The van der Waals surface area contributed by atoms with Gasteiger partial charge in [0.15, 0.2) is 17.5 Å². The van der Waals surface area contributed by atoms with Gasteiger partial charge >= 0.3 is 5.97 Å². The maximum atomic E-state index is 15.0. The van der Waals surface area contributed by atoms with E-state index in [2.05, 4.69) is 6.92 Å². The third kappa shape index (κ3) is 4.63. The first kappa shape index (κ1) is 24.7. The number of fused-ring (bicyclic) bond motifs is 3. The van der Waals surface area contributed by atoms with Crippen LogP contribution in [0.5, 0.6) is 0 Å². The topological polar surface area (TPSA) is 27.7 Å². The van der Waals surface area contributed by atoms with Crippen LogP contribution in [-0.2, 0) is 20.2 Å². The smallest absolute Gasteiger partial charge is 0.312 e. The Morgan fingerprint density at radius 2 is 1.43 bits per heavy atom. The second kappa shape index (κ2) is 9.83. The molecule has 0 atom stereocenters. The van der Waals surface area contributed by atoms with Crippen molar-refractivity contribution in [2.24, 2.45) is 17.3 Å². The molecule has 35 heavy (non-hydrogen) atoms. The summed E-state index contributed by atoms with van der Waals surface area (Å²) < 4.78 is 73.8. The molecule has 3 nitrogen and oxygen atoms in total. The van der Waals surface area contributed by atoms with Crippen molar-refractivity contribution in [3.63, 3.8) is 0 Å². The van der Waals surface area contributed by atoms with Crippen LogP contribution >= 0.6 is 0 Å². The zero-order chi connectivity index (χ0) is 24.6. The van der Waals surface area contributed by atoms with Crippen LogP contribution in [0.2, 0.25) is 0 Å². The molecule has 1 aliphatic carbocycles. The van der Waals surface area contributed by atoms with Gasteiger partial charge in [-0.25, -0.2) is 17.6 Å². The predicted octanol–water partition coefficient (Wildman–Crippen LogP) is 7.47. The quantitative estimate of drug-likeness (QED) is 0.228. The average molecular weight is 493 g/mol. The number of hydrogen-bond acceptors (Lipinski definition) is 3. The van der Waals surface area contributed by atoms with Gasteiger partial charge in [-0.05, 0) is 48.4 Å². The van der Waals surface area contributed by atoms with Crippen LogP contribution in [0.4, 0.5) is 17.6 Å². The van der Waals surface area contributed by atoms with Crippen LogP contribution < -0.4 is 0 Å². The van der Waals surface area contributed by atoms with E-state index in [9.17, 15) is 17.6 Å². The van der Waals surface area contributed by atoms with E-state index in [1.807, 2.05) is 0 Å². The molecule has 3 heterocycles. The van der Waals surface area contributed by atoms with Crippen molar-refractivity contribution in [2.75, 3.05) is 19.8 Å². The number of halogens is 4. The molecule has 1 saturated carbocycles. The van der Waals surface area contributed by atoms with Crippen LogP contribution in [0.25, 0.3) is 11.1 Å². The molecule has 190 valence electrons. The van der Waals surface area contributed by atoms with E-state index >= 15 is 0 Å². The van der Waals surface area contributed by atoms with Gasteiger partial charge in [-0.2, -0.15) is 0 Å². The fraction of sp³-hybridized carbons (Fsp3) is 0.571. The molecule has 3 saturated heterocycles. The van der Waals surface area contributed by atoms with Gasteiger partial charge in [0.25, 0.3) is 0 Å². The summed E-state index contributed by atoms with van der Waals surface area (Å²) in [6, 6.07) is 5.66. The number of benzene rings is 2. The van der Waals surface area contributed by atoms with E-state index in [0.29, 0.717) is 31.3 Å². The minimum absolute atomic E-state index is 0.0559. The summed E-state index contributed by atoms with van der Waals surface area (Å²) in [6.07, 6.45) is 9.95. The SMILES string of the molecule is CCCCCC1CCC(C23COC(c4ccc(-c5cc(F)c(F)c(F)c5)c(F)c4)(OC2)OC3)CC1. The molecule has 6 rings (SSSR count). The lowest BCUT2D eigenvalue weighted by Gasteiger charge is -2.55. The first-order valence-corrected chi connectivity index (χ1v) is 12.7. The highest BCUT2D eigenvalue weighted by atomic mass is 19.2. The molecule has 0 spiro atoms. The van der Waals surface area contributed by atoms with Gasteiger partial charge in [-0.15, -0.1) is 0 Å². The largest absolute Gasteiger partial charge is 0.323 e.